The van der Waals surface area contributed by atoms with Crippen molar-refractivity contribution >= 4 is 23.2 Å². The highest BCUT2D eigenvalue weighted by Gasteiger charge is 2.48. The van der Waals surface area contributed by atoms with Crippen LogP contribution in [0.4, 0.5) is 11.4 Å². The van der Waals surface area contributed by atoms with Crippen molar-refractivity contribution in [1.82, 2.24) is 0 Å². The first-order valence-corrected chi connectivity index (χ1v) is 8.60. The molecule has 2 N–H and O–H groups in total. The van der Waals surface area contributed by atoms with E-state index in [1.54, 1.807) is 18.2 Å². The summed E-state index contributed by atoms with van der Waals surface area (Å²) < 4.78 is 10.6. The fourth-order valence-electron chi connectivity index (χ4n) is 3.16. The van der Waals surface area contributed by atoms with Gasteiger partial charge in [-0.25, -0.2) is 0 Å². The van der Waals surface area contributed by atoms with Crippen molar-refractivity contribution in [1.29, 1.82) is 0 Å². The Bertz CT molecular complexity index is 893. The zero-order chi connectivity index (χ0) is 18.3. The number of aryl methyl sites for hydroxylation is 2. The van der Waals surface area contributed by atoms with Crippen molar-refractivity contribution in [3.05, 3.63) is 47.5 Å². The molecule has 2 atom stereocenters. The summed E-state index contributed by atoms with van der Waals surface area (Å²) in [5, 5.41) is 5.77. The number of anilines is 2. The van der Waals surface area contributed by atoms with Gasteiger partial charge in [0, 0.05) is 17.4 Å². The predicted octanol–water partition coefficient (Wildman–Crippen LogP) is 3.25. The van der Waals surface area contributed by atoms with Gasteiger partial charge in [-0.05, 0) is 44.0 Å². The Labute approximate surface area is 151 Å². The minimum atomic E-state index is -0.300. The van der Waals surface area contributed by atoms with Crippen molar-refractivity contribution in [2.75, 3.05) is 17.4 Å². The quantitative estimate of drug-likeness (QED) is 0.886. The third-order valence-corrected chi connectivity index (χ3v) is 4.74. The monoisotopic (exact) mass is 352 g/mol. The molecular weight excluding hydrogens is 332 g/mol. The van der Waals surface area contributed by atoms with Gasteiger partial charge < -0.3 is 20.1 Å². The summed E-state index contributed by atoms with van der Waals surface area (Å²) >= 11 is 0. The maximum Gasteiger partial charge on any atom is 0.231 e. The summed E-state index contributed by atoms with van der Waals surface area (Å²) in [5.74, 6) is 0.436. The van der Waals surface area contributed by atoms with Crippen LogP contribution in [0.15, 0.2) is 36.4 Å². The van der Waals surface area contributed by atoms with Gasteiger partial charge in [-0.15, -0.1) is 0 Å². The number of benzene rings is 2. The first-order chi connectivity index (χ1) is 12.5. The number of ether oxygens (including phenoxy) is 2. The van der Waals surface area contributed by atoms with Crippen molar-refractivity contribution < 1.29 is 19.1 Å². The second-order valence-electron chi connectivity index (χ2n) is 6.81. The highest BCUT2D eigenvalue weighted by Crippen LogP contribution is 2.41. The Hall–Kier alpha value is -3.02. The van der Waals surface area contributed by atoms with E-state index in [1.165, 1.54) is 0 Å². The number of rotatable bonds is 4. The van der Waals surface area contributed by atoms with Crippen LogP contribution in [0.5, 0.6) is 11.5 Å². The Balaban J connectivity index is 1.35. The van der Waals surface area contributed by atoms with Gasteiger partial charge in [-0.1, -0.05) is 17.7 Å². The lowest BCUT2D eigenvalue weighted by Gasteiger charge is -2.09. The summed E-state index contributed by atoms with van der Waals surface area (Å²) in [6, 6.07) is 11.1. The van der Waals surface area contributed by atoms with Crippen molar-refractivity contribution in [3.63, 3.8) is 0 Å². The molecule has 4 rings (SSSR count). The van der Waals surface area contributed by atoms with Gasteiger partial charge in [-0.3, -0.25) is 9.59 Å². The van der Waals surface area contributed by atoms with Crippen molar-refractivity contribution in [2.24, 2.45) is 11.8 Å². The molecule has 1 aliphatic heterocycles. The van der Waals surface area contributed by atoms with Crippen LogP contribution in [-0.4, -0.2) is 18.6 Å². The fourth-order valence-corrected chi connectivity index (χ4v) is 3.16. The first kappa shape index (κ1) is 16.4. The van der Waals surface area contributed by atoms with Crippen LogP contribution in [0.1, 0.15) is 17.5 Å². The fraction of sp³-hybridized carbons (Fsp3) is 0.300. The van der Waals surface area contributed by atoms with Crippen molar-refractivity contribution in [2.45, 2.75) is 20.3 Å². The maximum absolute atomic E-state index is 12.4. The third kappa shape index (κ3) is 3.22. The number of fused-ring (bicyclic) bond motifs is 1. The topological polar surface area (TPSA) is 76.7 Å². The zero-order valence-electron chi connectivity index (χ0n) is 14.7. The molecule has 0 spiro atoms. The Morgan fingerprint density at radius 1 is 0.923 bits per heavy atom. The molecule has 6 heteroatoms. The number of amides is 2. The van der Waals surface area contributed by atoms with Gasteiger partial charge in [-0.2, -0.15) is 0 Å². The molecular formula is C20H20N2O4. The molecule has 2 aliphatic rings. The van der Waals surface area contributed by atoms with Gasteiger partial charge in [0.1, 0.15) is 0 Å². The molecule has 1 saturated carbocycles. The lowest BCUT2D eigenvalue weighted by Crippen LogP contribution is -2.20. The number of carbonyl (C=O) groups is 2. The molecule has 6 nitrogen and oxygen atoms in total. The van der Waals surface area contributed by atoms with Gasteiger partial charge in [0.25, 0.3) is 0 Å². The Morgan fingerprint density at radius 3 is 2.42 bits per heavy atom. The Kier molecular flexibility index (Phi) is 4.03. The third-order valence-electron chi connectivity index (χ3n) is 4.74. The van der Waals surface area contributed by atoms with E-state index in [1.807, 2.05) is 32.0 Å². The summed E-state index contributed by atoms with van der Waals surface area (Å²) in [4.78, 5) is 24.8. The van der Waals surface area contributed by atoms with Gasteiger partial charge in [0.05, 0.1) is 11.8 Å². The molecule has 0 aromatic heterocycles. The molecule has 2 aromatic rings. The maximum atomic E-state index is 12.4. The minimum absolute atomic E-state index is 0.109. The molecule has 1 aliphatic carbocycles. The minimum Gasteiger partial charge on any atom is -0.454 e. The lowest BCUT2D eigenvalue weighted by atomic mass is 10.1. The average molecular weight is 352 g/mol. The highest BCUT2D eigenvalue weighted by atomic mass is 16.7. The molecule has 1 fully saturated rings. The van der Waals surface area contributed by atoms with E-state index in [9.17, 15) is 9.59 Å². The summed E-state index contributed by atoms with van der Waals surface area (Å²) in [6.45, 7) is 4.16. The summed E-state index contributed by atoms with van der Waals surface area (Å²) in [5.41, 5.74) is 3.59. The van der Waals surface area contributed by atoms with Gasteiger partial charge in [0.2, 0.25) is 18.6 Å². The van der Waals surface area contributed by atoms with Gasteiger partial charge >= 0.3 is 0 Å². The average Bonchev–Trinajstić information content (AvgIpc) is 3.28. The first-order valence-electron chi connectivity index (χ1n) is 8.60. The summed E-state index contributed by atoms with van der Waals surface area (Å²) in [6.07, 6.45) is 0.563. The van der Waals surface area contributed by atoms with Crippen LogP contribution in [0.2, 0.25) is 0 Å². The zero-order valence-corrected chi connectivity index (χ0v) is 14.7. The molecule has 134 valence electrons. The van der Waals surface area contributed by atoms with Crippen LogP contribution in [-0.2, 0) is 9.59 Å². The SMILES string of the molecule is Cc1ccc(NC(=O)C2CC2C(=O)Nc2ccc3c(c2)OCO3)c(C)c1. The molecule has 0 bridgehead atoms. The predicted molar refractivity (Wildman–Crippen MR) is 97.3 cm³/mol. The molecule has 1 heterocycles. The van der Waals surface area contributed by atoms with Gasteiger partial charge in [0.15, 0.2) is 11.5 Å². The summed E-state index contributed by atoms with van der Waals surface area (Å²) in [7, 11) is 0. The van der Waals surface area contributed by atoms with Crippen LogP contribution in [0.3, 0.4) is 0 Å². The van der Waals surface area contributed by atoms with Crippen LogP contribution < -0.4 is 20.1 Å². The number of carbonyl (C=O) groups excluding carboxylic acids is 2. The van der Waals surface area contributed by atoms with Crippen LogP contribution in [0.25, 0.3) is 0 Å². The standard InChI is InChI=1S/C20H20N2O4/c1-11-3-5-16(12(2)7-11)22-20(24)15-9-14(15)19(23)21-13-4-6-17-18(8-13)26-10-25-17/h3-8,14-15H,9-10H2,1-2H3,(H,21,23)(H,22,24). The molecule has 2 amide bonds. The van der Waals surface area contributed by atoms with E-state index in [2.05, 4.69) is 10.6 Å². The highest BCUT2D eigenvalue weighted by molar-refractivity contribution is 6.03. The largest absolute Gasteiger partial charge is 0.454 e. The normalized spacial score (nSPS) is 19.8. The number of hydrogen-bond acceptors (Lipinski definition) is 4. The molecule has 26 heavy (non-hydrogen) atoms. The number of hydrogen-bond donors (Lipinski definition) is 2. The van der Waals surface area contributed by atoms with Crippen molar-refractivity contribution in [3.8, 4) is 11.5 Å². The second-order valence-corrected chi connectivity index (χ2v) is 6.81. The molecule has 2 unspecified atom stereocenters. The van der Waals surface area contributed by atoms with E-state index in [0.717, 1.165) is 16.8 Å². The smallest absolute Gasteiger partial charge is 0.231 e. The number of nitrogens with one attached hydrogen (secondary N) is 2. The van der Waals surface area contributed by atoms with E-state index in [-0.39, 0.29) is 30.4 Å². The second kappa shape index (κ2) is 6.37. The molecule has 2 aromatic carbocycles. The van der Waals surface area contributed by atoms with E-state index >= 15 is 0 Å². The van der Waals surface area contributed by atoms with E-state index < -0.39 is 0 Å². The molecule has 0 saturated heterocycles. The Morgan fingerprint density at radius 2 is 1.65 bits per heavy atom. The lowest BCUT2D eigenvalue weighted by molar-refractivity contribution is -0.122. The molecule has 0 radical (unpaired) electrons. The van der Waals surface area contributed by atoms with Crippen LogP contribution >= 0.6 is 0 Å². The van der Waals surface area contributed by atoms with E-state index in [0.29, 0.717) is 23.6 Å². The van der Waals surface area contributed by atoms with Crippen LogP contribution in [0, 0.1) is 25.7 Å². The van der Waals surface area contributed by atoms with E-state index in [4.69, 9.17) is 9.47 Å².